The topological polar surface area (TPSA) is 97.6 Å². The molecule has 4 aromatic rings. The van der Waals surface area contributed by atoms with Crippen molar-refractivity contribution >= 4 is 33.3 Å². The van der Waals surface area contributed by atoms with E-state index in [9.17, 15) is 4.79 Å². The molecule has 0 atom stereocenters. The summed E-state index contributed by atoms with van der Waals surface area (Å²) in [4.78, 5) is 16.5. The van der Waals surface area contributed by atoms with E-state index in [4.69, 9.17) is 0 Å². The van der Waals surface area contributed by atoms with E-state index >= 15 is 0 Å². The molecule has 0 bridgehead atoms. The lowest BCUT2D eigenvalue weighted by Gasteiger charge is -2.08. The molecule has 29 heavy (non-hydrogen) atoms. The van der Waals surface area contributed by atoms with E-state index in [1.165, 1.54) is 11.3 Å². The van der Waals surface area contributed by atoms with Gasteiger partial charge in [-0.1, -0.05) is 0 Å². The average Bonchev–Trinajstić information content (AvgIpc) is 3.31. The van der Waals surface area contributed by atoms with Crippen LogP contribution in [0.15, 0.2) is 35.8 Å². The number of amides is 1. The third kappa shape index (κ3) is 3.95. The van der Waals surface area contributed by atoms with Gasteiger partial charge in [0, 0.05) is 24.3 Å². The summed E-state index contributed by atoms with van der Waals surface area (Å²) in [7, 11) is 0. The summed E-state index contributed by atoms with van der Waals surface area (Å²) < 4.78 is 2.80. The smallest absolute Gasteiger partial charge is 0.251 e. The molecular weight excluding hydrogens is 386 g/mol. The summed E-state index contributed by atoms with van der Waals surface area (Å²) >= 11 is 1.52. The van der Waals surface area contributed by atoms with Gasteiger partial charge in [0.2, 0.25) is 0 Å². The Kier molecular flexibility index (Phi) is 5.22. The van der Waals surface area contributed by atoms with Crippen LogP contribution in [0.4, 0.5) is 5.82 Å². The first-order chi connectivity index (χ1) is 14.0. The van der Waals surface area contributed by atoms with Crippen molar-refractivity contribution in [1.29, 1.82) is 0 Å². The quantitative estimate of drug-likeness (QED) is 0.477. The third-order valence-corrected chi connectivity index (χ3v) is 5.62. The Labute approximate surface area is 172 Å². The summed E-state index contributed by atoms with van der Waals surface area (Å²) in [6, 6.07) is 9.24. The average molecular weight is 408 g/mol. The monoisotopic (exact) mass is 407 g/mol. The van der Waals surface area contributed by atoms with Crippen molar-refractivity contribution in [3.63, 3.8) is 0 Å². The van der Waals surface area contributed by atoms with E-state index in [0.717, 1.165) is 27.2 Å². The van der Waals surface area contributed by atoms with E-state index in [-0.39, 0.29) is 5.91 Å². The maximum atomic E-state index is 12.3. The van der Waals surface area contributed by atoms with Crippen LogP contribution in [-0.2, 0) is 0 Å². The molecule has 1 amide bonds. The van der Waals surface area contributed by atoms with Crippen molar-refractivity contribution in [3.8, 4) is 5.82 Å². The van der Waals surface area contributed by atoms with Crippen molar-refractivity contribution in [2.45, 2.75) is 20.8 Å². The molecule has 0 radical (unpaired) electrons. The van der Waals surface area contributed by atoms with Crippen LogP contribution in [0.2, 0.25) is 0 Å². The minimum Gasteiger partial charge on any atom is -0.367 e. The number of hydrogen-bond acceptors (Lipinski definition) is 7. The zero-order valence-corrected chi connectivity index (χ0v) is 17.2. The highest BCUT2D eigenvalue weighted by atomic mass is 32.1. The third-order valence-electron chi connectivity index (χ3n) is 4.83. The van der Waals surface area contributed by atoms with Gasteiger partial charge in [0.1, 0.15) is 5.82 Å². The molecule has 0 saturated carbocycles. The maximum absolute atomic E-state index is 12.3. The first kappa shape index (κ1) is 19.0. The van der Waals surface area contributed by atoms with Crippen LogP contribution in [0, 0.1) is 20.8 Å². The summed E-state index contributed by atoms with van der Waals surface area (Å²) in [5, 5.41) is 19.0. The lowest BCUT2D eigenvalue weighted by molar-refractivity contribution is 0.0955. The van der Waals surface area contributed by atoms with Crippen molar-refractivity contribution in [1.82, 2.24) is 30.3 Å². The number of nitrogens with zero attached hydrogens (tertiary/aromatic N) is 5. The molecule has 8 nitrogen and oxygen atoms in total. The van der Waals surface area contributed by atoms with Gasteiger partial charge >= 0.3 is 0 Å². The van der Waals surface area contributed by atoms with Gasteiger partial charge < -0.3 is 10.6 Å². The second kappa shape index (κ2) is 7.96. The minimum absolute atomic E-state index is 0.108. The number of thiazole rings is 1. The maximum Gasteiger partial charge on any atom is 0.251 e. The van der Waals surface area contributed by atoms with Crippen molar-refractivity contribution in [2.75, 3.05) is 18.4 Å². The molecule has 0 aliphatic carbocycles. The molecule has 0 spiro atoms. The van der Waals surface area contributed by atoms with E-state index in [1.54, 1.807) is 16.3 Å². The van der Waals surface area contributed by atoms with Crippen LogP contribution in [0.25, 0.3) is 16.0 Å². The Morgan fingerprint density at radius 2 is 1.97 bits per heavy atom. The first-order valence-electron chi connectivity index (χ1n) is 9.25. The number of carbonyl (C=O) groups excluding carboxylic acids is 1. The molecule has 0 fully saturated rings. The van der Waals surface area contributed by atoms with Gasteiger partial charge in [0.25, 0.3) is 5.91 Å². The normalized spacial score (nSPS) is 11.0. The van der Waals surface area contributed by atoms with Crippen molar-refractivity contribution in [2.24, 2.45) is 0 Å². The van der Waals surface area contributed by atoms with Crippen LogP contribution < -0.4 is 10.6 Å². The summed E-state index contributed by atoms with van der Waals surface area (Å²) in [6.45, 7) is 7.05. The van der Waals surface area contributed by atoms with Crippen LogP contribution in [0.5, 0.6) is 0 Å². The lowest BCUT2D eigenvalue weighted by Crippen LogP contribution is -2.28. The fourth-order valence-electron chi connectivity index (χ4n) is 2.94. The van der Waals surface area contributed by atoms with Gasteiger partial charge in [-0.15, -0.1) is 21.5 Å². The van der Waals surface area contributed by atoms with Gasteiger partial charge in [0.05, 0.1) is 21.4 Å². The molecule has 9 heteroatoms. The highest BCUT2D eigenvalue weighted by molar-refractivity contribution is 7.16. The SMILES string of the molecule is Cc1nn(-c2ccc(NCCNC(=O)c3ccc4ncsc4c3)nn2)c(C)c1C. The van der Waals surface area contributed by atoms with Gasteiger partial charge in [-0.2, -0.15) is 5.10 Å². The highest BCUT2D eigenvalue weighted by Crippen LogP contribution is 2.19. The largest absolute Gasteiger partial charge is 0.367 e. The molecule has 2 N–H and O–H groups in total. The molecule has 4 rings (SSSR count). The standard InChI is InChI=1S/C20H21N7OS/c1-12-13(2)26-27(14(12)3)19-7-6-18(24-25-19)21-8-9-22-20(28)15-4-5-16-17(10-15)29-11-23-16/h4-7,10-11H,8-9H2,1-3H3,(H,21,24)(H,22,28). The van der Waals surface area contributed by atoms with Gasteiger partial charge in [-0.25, -0.2) is 9.67 Å². The number of rotatable bonds is 6. The number of anilines is 1. The molecule has 0 aliphatic rings. The Morgan fingerprint density at radius 1 is 1.10 bits per heavy atom. The second-order valence-corrected chi connectivity index (χ2v) is 7.59. The molecule has 0 unspecified atom stereocenters. The van der Waals surface area contributed by atoms with Crippen molar-refractivity contribution < 1.29 is 4.79 Å². The van der Waals surface area contributed by atoms with Gasteiger partial charge in [-0.3, -0.25) is 4.79 Å². The Bertz CT molecular complexity index is 1160. The number of aromatic nitrogens is 5. The lowest BCUT2D eigenvalue weighted by atomic mass is 10.2. The molecule has 1 aromatic carbocycles. The van der Waals surface area contributed by atoms with Crippen LogP contribution in [0.1, 0.15) is 27.3 Å². The van der Waals surface area contributed by atoms with E-state index in [2.05, 4.69) is 30.9 Å². The zero-order valence-electron chi connectivity index (χ0n) is 16.4. The molecular formula is C20H21N7OS. The van der Waals surface area contributed by atoms with E-state index in [0.29, 0.717) is 30.3 Å². The number of nitrogens with one attached hydrogen (secondary N) is 2. The molecule has 3 heterocycles. The molecule has 3 aromatic heterocycles. The Hall–Kier alpha value is -3.33. The Balaban J connectivity index is 1.30. The highest BCUT2D eigenvalue weighted by Gasteiger charge is 2.10. The fraction of sp³-hybridized carbons (Fsp3) is 0.250. The number of benzene rings is 1. The molecule has 0 aliphatic heterocycles. The fourth-order valence-corrected chi connectivity index (χ4v) is 3.66. The van der Waals surface area contributed by atoms with E-state index < -0.39 is 0 Å². The van der Waals surface area contributed by atoms with Crippen LogP contribution in [-0.4, -0.2) is 44.0 Å². The van der Waals surface area contributed by atoms with Crippen LogP contribution >= 0.6 is 11.3 Å². The number of aryl methyl sites for hydroxylation is 1. The Morgan fingerprint density at radius 3 is 2.69 bits per heavy atom. The number of fused-ring (bicyclic) bond motifs is 1. The summed E-state index contributed by atoms with van der Waals surface area (Å²) in [5.74, 6) is 1.21. The predicted molar refractivity (Wildman–Crippen MR) is 114 cm³/mol. The summed E-state index contributed by atoms with van der Waals surface area (Å²) in [5.41, 5.74) is 6.50. The predicted octanol–water partition coefficient (Wildman–Crippen LogP) is 3.04. The second-order valence-electron chi connectivity index (χ2n) is 6.70. The van der Waals surface area contributed by atoms with Crippen LogP contribution in [0.3, 0.4) is 0 Å². The van der Waals surface area contributed by atoms with E-state index in [1.807, 2.05) is 45.0 Å². The van der Waals surface area contributed by atoms with Gasteiger partial charge in [-0.05, 0) is 56.7 Å². The van der Waals surface area contributed by atoms with Gasteiger partial charge in [0.15, 0.2) is 5.82 Å². The minimum atomic E-state index is -0.108. The zero-order chi connectivity index (χ0) is 20.4. The summed E-state index contributed by atoms with van der Waals surface area (Å²) in [6.07, 6.45) is 0. The molecule has 148 valence electrons. The molecule has 0 saturated heterocycles. The van der Waals surface area contributed by atoms with Crippen molar-refractivity contribution in [3.05, 3.63) is 58.4 Å². The first-order valence-corrected chi connectivity index (χ1v) is 10.1. The number of hydrogen-bond donors (Lipinski definition) is 2. The number of carbonyl (C=O) groups is 1.